The van der Waals surface area contributed by atoms with Crippen LogP contribution in [0.4, 0.5) is 0 Å². The highest BCUT2D eigenvalue weighted by molar-refractivity contribution is 5.98. The van der Waals surface area contributed by atoms with Gasteiger partial charge in [-0.2, -0.15) is 0 Å². The molecule has 0 aliphatic heterocycles. The second kappa shape index (κ2) is 8.20. The number of ether oxygens (including phenoxy) is 1. The second-order valence-corrected chi connectivity index (χ2v) is 4.73. The molecule has 0 aliphatic carbocycles. The quantitative estimate of drug-likeness (QED) is 0.438. The lowest BCUT2D eigenvalue weighted by atomic mass is 10.1. The number of aromatic hydroxyl groups is 1. The van der Waals surface area contributed by atoms with Gasteiger partial charge in [0.2, 0.25) is 0 Å². The maximum atomic E-state index is 9.75. The molecule has 0 atom stereocenters. The average Bonchev–Trinajstić information content (AvgIpc) is 2.42. The van der Waals surface area contributed by atoms with E-state index in [0.717, 1.165) is 12.8 Å². The van der Waals surface area contributed by atoms with Crippen LogP contribution in [0.3, 0.4) is 0 Å². The number of phenolic OH excluding ortho intramolecular Hbond substituents is 1. The van der Waals surface area contributed by atoms with Crippen molar-refractivity contribution in [3.05, 3.63) is 47.6 Å². The minimum atomic E-state index is 0.0959. The lowest BCUT2D eigenvalue weighted by Crippen LogP contribution is -1.98. The van der Waals surface area contributed by atoms with E-state index in [0.29, 0.717) is 23.6 Å². The Morgan fingerprint density at radius 2 is 2.10 bits per heavy atom. The zero-order valence-electron chi connectivity index (χ0n) is 12.4. The van der Waals surface area contributed by atoms with Crippen LogP contribution in [0.15, 0.2) is 42.0 Å². The van der Waals surface area contributed by atoms with Gasteiger partial charge in [0.25, 0.3) is 0 Å². The summed E-state index contributed by atoms with van der Waals surface area (Å²) >= 11 is 0. The van der Waals surface area contributed by atoms with E-state index in [9.17, 15) is 5.11 Å². The van der Waals surface area contributed by atoms with Gasteiger partial charge in [0.05, 0.1) is 6.61 Å². The van der Waals surface area contributed by atoms with Gasteiger partial charge in [0.15, 0.2) is 0 Å². The van der Waals surface area contributed by atoms with Gasteiger partial charge in [0.1, 0.15) is 11.5 Å². The molecular weight excluding hydrogens is 250 g/mol. The molecule has 3 nitrogen and oxygen atoms in total. The maximum Gasteiger partial charge on any atom is 0.128 e. The Morgan fingerprint density at radius 1 is 1.35 bits per heavy atom. The van der Waals surface area contributed by atoms with Gasteiger partial charge >= 0.3 is 0 Å². The zero-order chi connectivity index (χ0) is 15.0. The van der Waals surface area contributed by atoms with Crippen LogP contribution in [0, 0.1) is 5.41 Å². The lowest BCUT2D eigenvalue weighted by Gasteiger charge is -2.08. The van der Waals surface area contributed by atoms with Gasteiger partial charge in [-0.3, -0.25) is 0 Å². The molecule has 20 heavy (non-hydrogen) atoms. The SMILES string of the molecule is C/C=C(C)\C=C/CCCOc1ccc(C(C)=N)c(O)c1. The molecule has 0 radical (unpaired) electrons. The largest absolute Gasteiger partial charge is 0.507 e. The van der Waals surface area contributed by atoms with E-state index in [4.69, 9.17) is 10.1 Å². The molecule has 0 saturated heterocycles. The van der Waals surface area contributed by atoms with Crippen molar-refractivity contribution in [1.29, 1.82) is 5.41 Å². The van der Waals surface area contributed by atoms with Crippen molar-refractivity contribution in [2.75, 3.05) is 6.61 Å². The summed E-state index contributed by atoms with van der Waals surface area (Å²) in [6, 6.07) is 5.06. The van der Waals surface area contributed by atoms with E-state index in [1.54, 1.807) is 25.1 Å². The van der Waals surface area contributed by atoms with Crippen molar-refractivity contribution in [1.82, 2.24) is 0 Å². The highest BCUT2D eigenvalue weighted by Crippen LogP contribution is 2.24. The third kappa shape index (κ3) is 5.31. The van der Waals surface area contributed by atoms with Crippen LogP contribution in [0.2, 0.25) is 0 Å². The van der Waals surface area contributed by atoms with E-state index < -0.39 is 0 Å². The maximum absolute atomic E-state index is 9.75. The van der Waals surface area contributed by atoms with E-state index >= 15 is 0 Å². The molecule has 0 amide bonds. The Balaban J connectivity index is 2.38. The molecule has 0 aliphatic rings. The number of hydrogen-bond donors (Lipinski definition) is 2. The van der Waals surface area contributed by atoms with Gasteiger partial charge in [-0.05, 0) is 45.7 Å². The van der Waals surface area contributed by atoms with Crippen molar-refractivity contribution < 1.29 is 9.84 Å². The van der Waals surface area contributed by atoms with E-state index in [1.807, 2.05) is 6.92 Å². The Labute approximate surface area is 121 Å². The molecule has 1 aromatic carbocycles. The Kier molecular flexibility index (Phi) is 6.57. The summed E-state index contributed by atoms with van der Waals surface area (Å²) in [6.45, 7) is 6.35. The molecule has 108 valence electrons. The molecule has 2 N–H and O–H groups in total. The number of rotatable bonds is 7. The molecule has 0 aromatic heterocycles. The molecule has 0 spiro atoms. The first-order chi connectivity index (χ1) is 9.54. The summed E-state index contributed by atoms with van der Waals surface area (Å²) in [5.41, 5.74) is 2.15. The second-order valence-electron chi connectivity index (χ2n) is 4.73. The molecular formula is C17H23NO2. The normalized spacial score (nSPS) is 11.8. The fraction of sp³-hybridized carbons (Fsp3) is 0.353. The van der Waals surface area contributed by atoms with Crippen LogP contribution in [-0.4, -0.2) is 17.4 Å². The van der Waals surface area contributed by atoms with Crippen LogP contribution in [0.5, 0.6) is 11.5 Å². The van der Waals surface area contributed by atoms with Gasteiger partial charge < -0.3 is 15.3 Å². The van der Waals surface area contributed by atoms with Crippen LogP contribution < -0.4 is 4.74 Å². The molecule has 3 heteroatoms. The average molecular weight is 273 g/mol. The van der Waals surface area contributed by atoms with Crippen molar-refractivity contribution in [3.8, 4) is 11.5 Å². The number of phenols is 1. The first kappa shape index (κ1) is 16.0. The summed E-state index contributed by atoms with van der Waals surface area (Å²) in [6.07, 6.45) is 8.21. The molecule has 0 fully saturated rings. The molecule has 0 heterocycles. The third-order valence-corrected chi connectivity index (χ3v) is 2.99. The molecule has 0 saturated carbocycles. The Morgan fingerprint density at radius 3 is 2.70 bits per heavy atom. The predicted octanol–water partition coefficient (Wildman–Crippen LogP) is 4.46. The minimum absolute atomic E-state index is 0.0959. The standard InChI is InChI=1S/C17H23NO2/c1-4-13(2)8-6-5-7-11-20-15-9-10-16(14(3)18)17(19)12-15/h4,6,8-10,12,18-19H,5,7,11H2,1-3H3/b8-6-,13-4-,18-14?. The lowest BCUT2D eigenvalue weighted by molar-refractivity contribution is 0.310. The molecule has 1 rings (SSSR count). The summed E-state index contributed by atoms with van der Waals surface area (Å²) in [7, 11) is 0. The minimum Gasteiger partial charge on any atom is -0.507 e. The van der Waals surface area contributed by atoms with Crippen LogP contribution in [0.25, 0.3) is 0 Å². The molecule has 0 unspecified atom stereocenters. The first-order valence-corrected chi connectivity index (χ1v) is 6.85. The summed E-state index contributed by atoms with van der Waals surface area (Å²) in [5.74, 6) is 0.736. The monoisotopic (exact) mass is 273 g/mol. The fourth-order valence-electron chi connectivity index (χ4n) is 1.68. The number of allylic oxidation sites excluding steroid dienone is 4. The van der Waals surface area contributed by atoms with Crippen LogP contribution in [-0.2, 0) is 0 Å². The van der Waals surface area contributed by atoms with Gasteiger partial charge in [-0.25, -0.2) is 0 Å². The van der Waals surface area contributed by atoms with E-state index in [2.05, 4.69) is 25.2 Å². The topological polar surface area (TPSA) is 53.3 Å². The highest BCUT2D eigenvalue weighted by Gasteiger charge is 2.04. The number of nitrogens with one attached hydrogen (secondary N) is 1. The first-order valence-electron chi connectivity index (χ1n) is 6.85. The van der Waals surface area contributed by atoms with Crippen molar-refractivity contribution in [3.63, 3.8) is 0 Å². The van der Waals surface area contributed by atoms with Gasteiger partial charge in [-0.1, -0.05) is 23.8 Å². The summed E-state index contributed by atoms with van der Waals surface area (Å²) in [4.78, 5) is 0. The van der Waals surface area contributed by atoms with Crippen molar-refractivity contribution in [2.24, 2.45) is 0 Å². The van der Waals surface area contributed by atoms with Gasteiger partial charge in [-0.15, -0.1) is 0 Å². The van der Waals surface area contributed by atoms with Gasteiger partial charge in [0, 0.05) is 17.3 Å². The van der Waals surface area contributed by atoms with E-state index in [1.165, 1.54) is 5.57 Å². The number of hydrogen-bond acceptors (Lipinski definition) is 3. The van der Waals surface area contributed by atoms with Crippen LogP contribution in [0.1, 0.15) is 39.2 Å². The Bertz CT molecular complexity index is 516. The van der Waals surface area contributed by atoms with E-state index in [-0.39, 0.29) is 5.75 Å². The van der Waals surface area contributed by atoms with Crippen molar-refractivity contribution >= 4 is 5.71 Å². The summed E-state index contributed by atoms with van der Waals surface area (Å²) < 4.78 is 5.58. The fourth-order valence-corrected chi connectivity index (χ4v) is 1.68. The van der Waals surface area contributed by atoms with Crippen molar-refractivity contribution in [2.45, 2.75) is 33.6 Å². The number of unbranched alkanes of at least 4 members (excludes halogenated alkanes) is 1. The Hall–Kier alpha value is -2.03. The highest BCUT2D eigenvalue weighted by atomic mass is 16.5. The third-order valence-electron chi connectivity index (χ3n) is 2.99. The predicted molar refractivity (Wildman–Crippen MR) is 83.9 cm³/mol. The number of benzene rings is 1. The smallest absolute Gasteiger partial charge is 0.128 e. The molecule has 1 aromatic rings. The summed E-state index contributed by atoms with van der Waals surface area (Å²) in [5, 5.41) is 17.3. The van der Waals surface area contributed by atoms with Crippen LogP contribution >= 0.6 is 0 Å². The zero-order valence-corrected chi connectivity index (χ0v) is 12.4. The molecule has 0 bridgehead atoms.